The van der Waals surface area contributed by atoms with Gasteiger partial charge < -0.3 is 15.3 Å². The van der Waals surface area contributed by atoms with E-state index >= 15 is 4.39 Å². The van der Waals surface area contributed by atoms with Gasteiger partial charge in [0.2, 0.25) is 5.43 Å². The zero-order chi connectivity index (χ0) is 27.8. The Morgan fingerprint density at radius 2 is 2.05 bits per heavy atom. The number of carbonyl (C=O) groups excluding carboxylic acids is 1. The first-order valence-corrected chi connectivity index (χ1v) is 14.2. The molecule has 3 fully saturated rings. The number of β-amino-alcohol motifs (C(OH)–C–C–N with tert-alkyl or cyclic N) is 1. The van der Waals surface area contributed by atoms with Gasteiger partial charge in [-0.05, 0) is 99.5 Å². The molecule has 3 aliphatic carbocycles. The number of aliphatic hydroxyl groups is 1. The van der Waals surface area contributed by atoms with Crippen LogP contribution in [0, 0.1) is 29.4 Å². The topological polar surface area (TPSA) is 87.5 Å². The highest BCUT2D eigenvalue weighted by atomic mass is 19.1. The van der Waals surface area contributed by atoms with Crippen molar-refractivity contribution in [3.05, 3.63) is 75.2 Å². The van der Waals surface area contributed by atoms with Crippen LogP contribution in [0.3, 0.4) is 0 Å². The van der Waals surface area contributed by atoms with E-state index in [0.717, 1.165) is 43.5 Å². The van der Waals surface area contributed by atoms with Gasteiger partial charge in [0.25, 0.3) is 5.91 Å². The number of nitrogens with one attached hydrogen (secondary N) is 1. The number of halogens is 2. The number of nitrogens with zero attached hydrogens (tertiary/aromatic N) is 3. The molecule has 9 heteroatoms. The van der Waals surface area contributed by atoms with Gasteiger partial charge in [0.1, 0.15) is 23.0 Å². The van der Waals surface area contributed by atoms with Gasteiger partial charge in [-0.15, -0.1) is 0 Å². The summed E-state index contributed by atoms with van der Waals surface area (Å²) in [7, 11) is 0. The Labute approximate surface area is 230 Å². The van der Waals surface area contributed by atoms with Crippen LogP contribution >= 0.6 is 0 Å². The third-order valence-corrected chi connectivity index (χ3v) is 9.42. The first kappa shape index (κ1) is 25.4. The molecule has 1 amide bonds. The molecule has 4 atom stereocenters. The van der Waals surface area contributed by atoms with Gasteiger partial charge in [0.05, 0.1) is 16.7 Å². The van der Waals surface area contributed by atoms with Crippen LogP contribution in [-0.4, -0.2) is 39.3 Å². The van der Waals surface area contributed by atoms with E-state index in [2.05, 4.69) is 5.32 Å². The Morgan fingerprint density at radius 1 is 1.20 bits per heavy atom. The molecule has 208 valence electrons. The normalized spacial score (nSPS) is 27.5. The minimum absolute atomic E-state index is 0.0212. The van der Waals surface area contributed by atoms with Gasteiger partial charge in [-0.1, -0.05) is 0 Å². The first-order valence-electron chi connectivity index (χ1n) is 14.2. The number of amides is 1. The van der Waals surface area contributed by atoms with E-state index < -0.39 is 28.6 Å². The van der Waals surface area contributed by atoms with Crippen LogP contribution in [0.5, 0.6) is 0 Å². The van der Waals surface area contributed by atoms with Crippen molar-refractivity contribution in [2.75, 3.05) is 18.0 Å². The number of anilines is 1. The van der Waals surface area contributed by atoms with E-state index in [1.807, 2.05) is 4.90 Å². The lowest BCUT2D eigenvalue weighted by Crippen LogP contribution is -2.46. The summed E-state index contributed by atoms with van der Waals surface area (Å²) >= 11 is 0. The van der Waals surface area contributed by atoms with Gasteiger partial charge in [0, 0.05) is 31.0 Å². The Balaban J connectivity index is 1.34. The highest BCUT2D eigenvalue weighted by Crippen LogP contribution is 2.55. The molecule has 1 aromatic carbocycles. The Bertz CT molecular complexity index is 1650. The zero-order valence-electron chi connectivity index (χ0n) is 22.4. The maximum Gasteiger partial charge on any atom is 0.260 e. The minimum atomic E-state index is -0.882. The van der Waals surface area contributed by atoms with Crippen LogP contribution in [0.2, 0.25) is 0 Å². The SMILES string of the molecule is CC1(O)CCCN(c2ccc3c(=O)c(C(=O)NC4=C5CCC6CC(C4)CC56)cn(-c4ccc(F)cc4F)c3n2)C1. The fourth-order valence-corrected chi connectivity index (χ4v) is 7.62. The number of hydrogen-bond donors (Lipinski definition) is 2. The molecule has 2 N–H and O–H groups in total. The Kier molecular flexibility index (Phi) is 5.85. The van der Waals surface area contributed by atoms with Crippen molar-refractivity contribution in [3.63, 3.8) is 0 Å². The number of benzene rings is 1. The molecule has 1 saturated heterocycles. The smallest absolute Gasteiger partial charge is 0.260 e. The van der Waals surface area contributed by atoms with E-state index in [1.54, 1.807) is 19.1 Å². The molecule has 3 aromatic rings. The monoisotopic (exact) mass is 546 g/mol. The molecule has 1 aliphatic heterocycles. The second-order valence-corrected chi connectivity index (χ2v) is 12.3. The summed E-state index contributed by atoms with van der Waals surface area (Å²) in [5, 5.41) is 13.8. The summed E-state index contributed by atoms with van der Waals surface area (Å²) in [4.78, 5) is 34.0. The number of aromatic nitrogens is 2. The van der Waals surface area contributed by atoms with Gasteiger partial charge in [-0.25, -0.2) is 13.8 Å². The summed E-state index contributed by atoms with van der Waals surface area (Å²) in [5.74, 6) is 0.243. The molecule has 0 spiro atoms. The summed E-state index contributed by atoms with van der Waals surface area (Å²) in [5.41, 5.74) is 0.903. The number of pyridine rings is 2. The second kappa shape index (κ2) is 9.23. The lowest BCUT2D eigenvalue weighted by Gasteiger charge is -2.37. The molecule has 3 heterocycles. The van der Waals surface area contributed by atoms with E-state index in [0.29, 0.717) is 43.1 Å². The highest BCUT2D eigenvalue weighted by Gasteiger charge is 2.45. The summed E-state index contributed by atoms with van der Waals surface area (Å²) in [6.45, 7) is 2.81. The molecule has 4 aliphatic rings. The number of rotatable bonds is 4. The van der Waals surface area contributed by atoms with Gasteiger partial charge >= 0.3 is 0 Å². The Hall–Kier alpha value is -3.59. The van der Waals surface area contributed by atoms with Crippen molar-refractivity contribution in [2.45, 2.75) is 57.5 Å². The number of allylic oxidation sites excluding steroid dienone is 2. The average Bonchev–Trinajstić information content (AvgIpc) is 3.46. The number of piperidine rings is 1. The van der Waals surface area contributed by atoms with Gasteiger partial charge in [0.15, 0.2) is 5.65 Å². The third kappa shape index (κ3) is 4.22. The lowest BCUT2D eigenvalue weighted by molar-refractivity contribution is 0.0447. The van der Waals surface area contributed by atoms with Crippen molar-refractivity contribution in [1.29, 1.82) is 0 Å². The molecule has 40 heavy (non-hydrogen) atoms. The minimum Gasteiger partial charge on any atom is -0.388 e. The van der Waals surface area contributed by atoms with Crippen molar-refractivity contribution in [2.24, 2.45) is 17.8 Å². The molecule has 2 saturated carbocycles. The standard InChI is InChI=1S/C31H32F2N4O3/c1-31(40)9-2-10-36(16-31)27-8-6-21-28(38)23(15-37(29(21)35-27)26-7-4-19(32)14-24(26)33)30(39)34-25-13-17-11-18-3-5-20(25)22(18)12-17/h4,6-8,14-15,17-18,22,40H,2-3,5,9-13,16H2,1H3,(H,34,39). The molecule has 0 radical (unpaired) electrons. The average molecular weight is 547 g/mol. The zero-order valence-corrected chi connectivity index (χ0v) is 22.4. The molecule has 2 bridgehead atoms. The maximum atomic E-state index is 15.1. The molecule has 2 aromatic heterocycles. The maximum absolute atomic E-state index is 15.1. The van der Waals surface area contributed by atoms with Crippen molar-refractivity contribution in [3.8, 4) is 5.69 Å². The third-order valence-electron chi connectivity index (χ3n) is 9.42. The fourth-order valence-electron chi connectivity index (χ4n) is 7.62. The fraction of sp³-hybridized carbons (Fsp3) is 0.452. The largest absolute Gasteiger partial charge is 0.388 e. The van der Waals surface area contributed by atoms with Gasteiger partial charge in [-0.2, -0.15) is 0 Å². The van der Waals surface area contributed by atoms with Crippen molar-refractivity contribution >= 4 is 22.8 Å². The number of carbonyl (C=O) groups is 1. The second-order valence-electron chi connectivity index (χ2n) is 12.3. The van der Waals surface area contributed by atoms with E-state index in [4.69, 9.17) is 4.98 Å². The molecular formula is C31H32F2N4O3. The number of fused-ring (bicyclic) bond motifs is 2. The predicted molar refractivity (Wildman–Crippen MR) is 147 cm³/mol. The number of hydrogen-bond acceptors (Lipinski definition) is 5. The molecular weight excluding hydrogens is 514 g/mol. The summed E-state index contributed by atoms with van der Waals surface area (Å²) in [6, 6.07) is 6.47. The lowest BCUT2D eigenvalue weighted by atomic mass is 9.86. The quantitative estimate of drug-likeness (QED) is 0.489. The predicted octanol–water partition coefficient (Wildman–Crippen LogP) is 4.84. The van der Waals surface area contributed by atoms with Crippen LogP contribution in [0.1, 0.15) is 62.2 Å². The van der Waals surface area contributed by atoms with E-state index in [9.17, 15) is 19.1 Å². The molecule has 7 rings (SSSR count). The van der Waals surface area contributed by atoms with Crippen molar-refractivity contribution < 1.29 is 18.7 Å². The Morgan fingerprint density at radius 3 is 2.85 bits per heavy atom. The first-order chi connectivity index (χ1) is 19.2. The van der Waals surface area contributed by atoms with Crippen LogP contribution in [0.25, 0.3) is 16.7 Å². The van der Waals surface area contributed by atoms with Crippen LogP contribution in [0.4, 0.5) is 14.6 Å². The molecule has 7 nitrogen and oxygen atoms in total. The summed E-state index contributed by atoms with van der Waals surface area (Å²) in [6.07, 6.45) is 8.09. The van der Waals surface area contributed by atoms with Crippen LogP contribution < -0.4 is 15.6 Å². The van der Waals surface area contributed by atoms with Crippen LogP contribution in [-0.2, 0) is 0 Å². The van der Waals surface area contributed by atoms with Gasteiger partial charge in [-0.3, -0.25) is 14.2 Å². The van der Waals surface area contributed by atoms with Crippen LogP contribution in [0.15, 0.2) is 52.6 Å². The highest BCUT2D eigenvalue weighted by molar-refractivity contribution is 5.98. The molecule has 4 unspecified atom stereocenters. The summed E-state index contributed by atoms with van der Waals surface area (Å²) < 4.78 is 30.3. The van der Waals surface area contributed by atoms with E-state index in [-0.39, 0.29) is 22.3 Å². The van der Waals surface area contributed by atoms with E-state index in [1.165, 1.54) is 35.2 Å². The van der Waals surface area contributed by atoms with Crippen molar-refractivity contribution in [1.82, 2.24) is 14.9 Å².